The summed E-state index contributed by atoms with van der Waals surface area (Å²) in [6.07, 6.45) is 6.42. The maximum absolute atomic E-state index is 11.5. The first-order valence-electron chi connectivity index (χ1n) is 13.4. The van der Waals surface area contributed by atoms with Gasteiger partial charge in [0, 0.05) is 54.9 Å². The Morgan fingerprint density at radius 1 is 1.23 bits per heavy atom. The summed E-state index contributed by atoms with van der Waals surface area (Å²) >= 11 is 1.63. The number of aromatic nitrogens is 4. The largest absolute Gasteiger partial charge is 0.378 e. The van der Waals surface area contributed by atoms with E-state index < -0.39 is 5.91 Å². The average Bonchev–Trinajstić information content (AvgIpc) is 3.41. The van der Waals surface area contributed by atoms with Crippen molar-refractivity contribution in [2.24, 2.45) is 4.99 Å². The number of fused-ring (bicyclic) bond motifs is 1. The summed E-state index contributed by atoms with van der Waals surface area (Å²) in [6.45, 7) is 19.0. The second-order valence-electron chi connectivity index (χ2n) is 8.20. The Kier molecular flexibility index (Phi) is 13.3. The van der Waals surface area contributed by atoms with Crippen molar-refractivity contribution in [1.82, 2.24) is 25.4 Å². The monoisotopic (exact) mass is 568 g/mol. The molecule has 4 heterocycles. The van der Waals surface area contributed by atoms with Gasteiger partial charge in [-0.1, -0.05) is 40.3 Å². The second-order valence-corrected chi connectivity index (χ2v) is 9.34. The Morgan fingerprint density at radius 3 is 2.45 bits per heavy atom. The van der Waals surface area contributed by atoms with E-state index >= 15 is 0 Å². The Labute approximate surface area is 240 Å². The van der Waals surface area contributed by atoms with Crippen molar-refractivity contribution in [3.05, 3.63) is 53.1 Å². The fraction of sp³-hybridized carbons (Fsp3) is 0.429. The van der Waals surface area contributed by atoms with Gasteiger partial charge in [-0.15, -0.1) is 11.3 Å². The maximum atomic E-state index is 11.5. The molecule has 0 spiro atoms. The van der Waals surface area contributed by atoms with Crippen molar-refractivity contribution in [2.45, 2.75) is 48.1 Å². The number of hydroxylamine groups is 1. The summed E-state index contributed by atoms with van der Waals surface area (Å²) in [5.74, 6) is 1.29. The van der Waals surface area contributed by atoms with Crippen molar-refractivity contribution in [3.8, 4) is 0 Å². The molecule has 3 aromatic rings. The molecule has 11 nitrogen and oxygen atoms in total. The number of nitrogens with one attached hydrogen (secondary N) is 1. The number of morpholine rings is 1. The number of allylic oxidation sites excluding steroid dienone is 3. The highest BCUT2D eigenvalue weighted by Gasteiger charge is 2.21. The predicted molar refractivity (Wildman–Crippen MR) is 163 cm³/mol. The molecule has 3 aromatic heterocycles. The molecule has 1 amide bonds. The SMILES string of the molecule is C=C(C)N=C/C(=C\C)c1nc(N2CCOCC2)c2sc(CN(C)c3ncc(C(=O)NO)cn3)cc2n1.CC.CC. The minimum atomic E-state index is -0.660. The van der Waals surface area contributed by atoms with Crippen LogP contribution in [-0.2, 0) is 11.3 Å². The molecule has 0 unspecified atom stereocenters. The van der Waals surface area contributed by atoms with Crippen molar-refractivity contribution in [1.29, 1.82) is 0 Å². The predicted octanol–water partition coefficient (Wildman–Crippen LogP) is 5.13. The second kappa shape index (κ2) is 16.4. The van der Waals surface area contributed by atoms with Crippen molar-refractivity contribution in [3.63, 3.8) is 0 Å². The van der Waals surface area contributed by atoms with E-state index in [0.717, 1.165) is 39.6 Å². The number of ether oxygens (including phenoxy) is 1. The van der Waals surface area contributed by atoms with E-state index in [9.17, 15) is 4.79 Å². The van der Waals surface area contributed by atoms with Gasteiger partial charge in [-0.3, -0.25) is 15.0 Å². The van der Waals surface area contributed by atoms with E-state index in [-0.39, 0.29) is 5.56 Å². The lowest BCUT2D eigenvalue weighted by Crippen LogP contribution is -2.37. The van der Waals surface area contributed by atoms with E-state index in [1.165, 1.54) is 12.4 Å². The molecule has 1 aliphatic rings. The minimum absolute atomic E-state index is 0.171. The maximum Gasteiger partial charge on any atom is 0.277 e. The number of nitrogens with zero attached hydrogens (tertiary/aromatic N) is 7. The summed E-state index contributed by atoms with van der Waals surface area (Å²) in [4.78, 5) is 39.3. The zero-order chi connectivity index (χ0) is 29.7. The Morgan fingerprint density at radius 2 is 1.88 bits per heavy atom. The summed E-state index contributed by atoms with van der Waals surface area (Å²) in [7, 11) is 1.87. The number of amides is 1. The number of carbonyl (C=O) groups is 1. The van der Waals surface area contributed by atoms with Crippen LogP contribution in [0, 0.1) is 0 Å². The van der Waals surface area contributed by atoms with E-state index in [2.05, 4.69) is 32.5 Å². The molecule has 4 rings (SSSR count). The highest BCUT2D eigenvalue weighted by atomic mass is 32.1. The third-order valence-electron chi connectivity index (χ3n) is 5.44. The van der Waals surface area contributed by atoms with Crippen LogP contribution in [0.1, 0.15) is 62.6 Å². The first-order chi connectivity index (χ1) is 19.4. The number of hydrogen-bond acceptors (Lipinski definition) is 11. The number of anilines is 2. The van der Waals surface area contributed by atoms with Gasteiger partial charge in [-0.25, -0.2) is 25.4 Å². The molecular weight excluding hydrogens is 528 g/mol. The fourth-order valence-corrected chi connectivity index (χ4v) is 4.77. The van der Waals surface area contributed by atoms with Gasteiger partial charge >= 0.3 is 0 Å². The molecule has 0 radical (unpaired) electrons. The Bertz CT molecular complexity index is 1320. The van der Waals surface area contributed by atoms with Crippen molar-refractivity contribution >= 4 is 51.0 Å². The van der Waals surface area contributed by atoms with E-state index in [0.29, 0.717) is 37.2 Å². The van der Waals surface area contributed by atoms with E-state index in [1.807, 2.05) is 59.6 Å². The third kappa shape index (κ3) is 8.38. The molecule has 1 fully saturated rings. The molecule has 0 aliphatic carbocycles. The van der Waals surface area contributed by atoms with Crippen LogP contribution in [0.5, 0.6) is 0 Å². The van der Waals surface area contributed by atoms with Gasteiger partial charge in [-0.05, 0) is 19.9 Å². The molecule has 40 heavy (non-hydrogen) atoms. The van der Waals surface area contributed by atoms with E-state index in [4.69, 9.17) is 19.9 Å². The lowest BCUT2D eigenvalue weighted by atomic mass is 10.2. The number of carbonyl (C=O) groups excluding carboxylic acids is 1. The highest BCUT2D eigenvalue weighted by Crippen LogP contribution is 2.34. The average molecular weight is 569 g/mol. The van der Waals surface area contributed by atoms with Crippen LogP contribution in [0.2, 0.25) is 0 Å². The summed E-state index contributed by atoms with van der Waals surface area (Å²) in [5.41, 5.74) is 4.13. The molecule has 2 N–H and O–H groups in total. The van der Waals surface area contributed by atoms with E-state index in [1.54, 1.807) is 23.0 Å². The first kappa shape index (κ1) is 32.5. The molecule has 0 aromatic carbocycles. The molecule has 1 aliphatic heterocycles. The van der Waals surface area contributed by atoms with Crippen LogP contribution < -0.4 is 15.3 Å². The Hall–Kier alpha value is -3.74. The lowest BCUT2D eigenvalue weighted by molar-refractivity contribution is 0.0705. The summed E-state index contributed by atoms with van der Waals surface area (Å²) < 4.78 is 6.56. The van der Waals surface area contributed by atoms with Crippen LogP contribution in [0.15, 0.2) is 41.8 Å². The van der Waals surface area contributed by atoms with Gasteiger partial charge in [0.2, 0.25) is 5.95 Å². The van der Waals surface area contributed by atoms with Gasteiger partial charge in [0.25, 0.3) is 5.91 Å². The van der Waals surface area contributed by atoms with Crippen molar-refractivity contribution in [2.75, 3.05) is 43.2 Å². The standard InChI is InChI=1S/C24H28N8O3S.2C2H6/c1-5-16(11-25-15(2)3)21-28-19-10-18(36-20(19)22(29-21)32-6-8-35-9-7-32)14-31(4)24-26-12-17(13-27-24)23(33)30-34;2*1-2/h5,10-13,34H,2,6-9,14H2,1,3-4H3,(H,30,33);2*1-2H3/b16-5+,25-11?;;. The quantitative estimate of drug-likeness (QED) is 0.216. The number of thiophene rings is 1. The first-order valence-corrected chi connectivity index (χ1v) is 14.2. The number of hydrogen-bond donors (Lipinski definition) is 2. The van der Waals surface area contributed by atoms with Gasteiger partial charge in [0.05, 0.1) is 35.5 Å². The zero-order valence-corrected chi connectivity index (χ0v) is 25.2. The molecule has 0 bridgehead atoms. The third-order valence-corrected chi connectivity index (χ3v) is 6.55. The van der Waals surface area contributed by atoms with Crippen LogP contribution in [0.4, 0.5) is 11.8 Å². The zero-order valence-electron chi connectivity index (χ0n) is 24.4. The van der Waals surface area contributed by atoms with Gasteiger partial charge in [-0.2, -0.15) is 0 Å². The summed E-state index contributed by atoms with van der Waals surface area (Å²) in [6, 6.07) is 2.06. The van der Waals surface area contributed by atoms with Crippen LogP contribution in [0.3, 0.4) is 0 Å². The number of aliphatic imine (C=N–C) groups is 1. The fourth-order valence-electron chi connectivity index (χ4n) is 3.61. The molecule has 0 saturated carbocycles. The van der Waals surface area contributed by atoms with Gasteiger partial charge < -0.3 is 14.5 Å². The molecule has 1 saturated heterocycles. The summed E-state index contributed by atoms with van der Waals surface area (Å²) in [5, 5.41) is 8.77. The van der Waals surface area contributed by atoms with Gasteiger partial charge in [0.15, 0.2) is 11.6 Å². The van der Waals surface area contributed by atoms with Crippen molar-refractivity contribution < 1.29 is 14.7 Å². The highest BCUT2D eigenvalue weighted by molar-refractivity contribution is 7.19. The molecular formula is C28H40N8O3S. The minimum Gasteiger partial charge on any atom is -0.378 e. The molecule has 0 atom stereocenters. The van der Waals surface area contributed by atoms with Gasteiger partial charge in [0.1, 0.15) is 0 Å². The smallest absolute Gasteiger partial charge is 0.277 e. The lowest BCUT2D eigenvalue weighted by Gasteiger charge is -2.28. The van der Waals surface area contributed by atoms with Crippen LogP contribution >= 0.6 is 11.3 Å². The van der Waals surface area contributed by atoms with Crippen LogP contribution in [-0.4, -0.2) is 70.6 Å². The van der Waals surface area contributed by atoms with Crippen LogP contribution in [0.25, 0.3) is 15.8 Å². The normalized spacial score (nSPS) is 13.3. The molecule has 216 valence electrons. The topological polar surface area (TPSA) is 129 Å². The Balaban J connectivity index is 0.00000134. The molecule has 12 heteroatoms. The number of rotatable bonds is 8.